The van der Waals surface area contributed by atoms with E-state index in [-0.39, 0.29) is 11.6 Å². The Morgan fingerprint density at radius 3 is 2.65 bits per heavy atom. The fourth-order valence-electron chi connectivity index (χ4n) is 2.08. The molecule has 1 nitrogen and oxygen atoms in total. The lowest BCUT2D eigenvalue weighted by Gasteiger charge is -2.12. The Balaban J connectivity index is 2.42. The van der Waals surface area contributed by atoms with Crippen LogP contribution in [0.5, 0.6) is 0 Å². The average molecular weight is 340 g/mol. The van der Waals surface area contributed by atoms with Crippen LogP contribution in [0.2, 0.25) is 0 Å². The van der Waals surface area contributed by atoms with Gasteiger partial charge in [0.1, 0.15) is 11.6 Å². The molecule has 2 rings (SSSR count). The molecule has 1 N–H and O–H groups in total. The van der Waals surface area contributed by atoms with Crippen molar-refractivity contribution in [3.8, 4) is 11.1 Å². The van der Waals surface area contributed by atoms with Crippen LogP contribution in [-0.2, 0) is 6.54 Å². The maximum Gasteiger partial charge on any atom is 0.145 e. The molecule has 0 aromatic heterocycles. The minimum Gasteiger partial charge on any atom is -0.313 e. The molecule has 0 atom stereocenters. The second-order valence-corrected chi connectivity index (χ2v) is 5.43. The Hall–Kier alpha value is -1.26. The highest BCUT2D eigenvalue weighted by atomic mass is 79.9. The van der Waals surface area contributed by atoms with Crippen molar-refractivity contribution in [2.24, 2.45) is 0 Å². The molecule has 0 amide bonds. The van der Waals surface area contributed by atoms with Crippen LogP contribution in [0.4, 0.5) is 8.78 Å². The van der Waals surface area contributed by atoms with E-state index >= 15 is 0 Å². The van der Waals surface area contributed by atoms with Crippen LogP contribution in [0.25, 0.3) is 11.1 Å². The minimum atomic E-state index is -0.323. The summed E-state index contributed by atoms with van der Waals surface area (Å²) in [6.45, 7) is 3.43. The van der Waals surface area contributed by atoms with E-state index in [1.54, 1.807) is 24.3 Å². The number of benzene rings is 2. The summed E-state index contributed by atoms with van der Waals surface area (Å²) in [5.74, 6) is -0.631. The summed E-state index contributed by atoms with van der Waals surface area (Å²) < 4.78 is 28.0. The highest BCUT2D eigenvalue weighted by Crippen LogP contribution is 2.30. The van der Waals surface area contributed by atoms with Gasteiger partial charge < -0.3 is 5.32 Å². The SMILES string of the molecule is CCCNCc1cc(F)ccc1-c1cccc(Br)c1F. The molecular formula is C16H16BrF2N. The molecule has 0 saturated carbocycles. The number of hydrogen-bond donors (Lipinski definition) is 1. The van der Waals surface area contributed by atoms with Crippen LogP contribution >= 0.6 is 15.9 Å². The second kappa shape index (κ2) is 6.95. The third-order valence-electron chi connectivity index (χ3n) is 3.05. The Bertz CT molecular complexity index is 599. The van der Waals surface area contributed by atoms with Crippen molar-refractivity contribution in [3.05, 3.63) is 58.1 Å². The lowest BCUT2D eigenvalue weighted by atomic mass is 9.99. The zero-order valence-corrected chi connectivity index (χ0v) is 12.8. The normalized spacial score (nSPS) is 10.8. The molecule has 0 fully saturated rings. The monoisotopic (exact) mass is 339 g/mol. The lowest BCUT2D eigenvalue weighted by molar-refractivity contribution is 0.615. The first-order valence-corrected chi connectivity index (χ1v) is 7.36. The van der Waals surface area contributed by atoms with Gasteiger partial charge in [0.2, 0.25) is 0 Å². The highest BCUT2D eigenvalue weighted by Gasteiger charge is 2.12. The van der Waals surface area contributed by atoms with Crippen molar-refractivity contribution >= 4 is 15.9 Å². The number of rotatable bonds is 5. The van der Waals surface area contributed by atoms with Crippen molar-refractivity contribution < 1.29 is 8.78 Å². The van der Waals surface area contributed by atoms with Crippen molar-refractivity contribution in [1.29, 1.82) is 0 Å². The quantitative estimate of drug-likeness (QED) is 0.764. The molecular weight excluding hydrogens is 324 g/mol. The second-order valence-electron chi connectivity index (χ2n) is 4.58. The smallest absolute Gasteiger partial charge is 0.145 e. The molecule has 0 radical (unpaired) electrons. The van der Waals surface area contributed by atoms with Gasteiger partial charge in [-0.15, -0.1) is 0 Å². The average Bonchev–Trinajstić information content (AvgIpc) is 2.43. The summed E-state index contributed by atoms with van der Waals surface area (Å²) in [5, 5.41) is 3.22. The lowest BCUT2D eigenvalue weighted by Crippen LogP contribution is -2.14. The number of hydrogen-bond acceptors (Lipinski definition) is 1. The first kappa shape index (κ1) is 15.1. The largest absolute Gasteiger partial charge is 0.313 e. The Morgan fingerprint density at radius 1 is 1.10 bits per heavy atom. The molecule has 0 aliphatic heterocycles. The van der Waals surface area contributed by atoms with Gasteiger partial charge in [-0.05, 0) is 58.2 Å². The molecule has 106 valence electrons. The maximum absolute atomic E-state index is 14.2. The molecule has 0 unspecified atom stereocenters. The topological polar surface area (TPSA) is 12.0 Å². The van der Waals surface area contributed by atoms with Gasteiger partial charge in [-0.2, -0.15) is 0 Å². The predicted octanol–water partition coefficient (Wildman–Crippen LogP) is 4.89. The zero-order chi connectivity index (χ0) is 14.5. The summed E-state index contributed by atoms with van der Waals surface area (Å²) in [4.78, 5) is 0. The predicted molar refractivity (Wildman–Crippen MR) is 81.5 cm³/mol. The maximum atomic E-state index is 14.2. The van der Waals surface area contributed by atoms with Gasteiger partial charge in [0.15, 0.2) is 0 Å². The van der Waals surface area contributed by atoms with Crippen LogP contribution in [0, 0.1) is 11.6 Å². The van der Waals surface area contributed by atoms with E-state index in [1.807, 2.05) is 0 Å². The van der Waals surface area contributed by atoms with Crippen LogP contribution in [0.15, 0.2) is 40.9 Å². The van der Waals surface area contributed by atoms with Crippen LogP contribution < -0.4 is 5.32 Å². The Kier molecular flexibility index (Phi) is 5.26. The van der Waals surface area contributed by atoms with Gasteiger partial charge in [-0.1, -0.05) is 25.1 Å². The molecule has 4 heteroatoms. The molecule has 0 saturated heterocycles. The molecule has 20 heavy (non-hydrogen) atoms. The molecule has 0 aliphatic rings. The van der Waals surface area contributed by atoms with E-state index in [0.717, 1.165) is 18.5 Å². The zero-order valence-electron chi connectivity index (χ0n) is 11.2. The van der Waals surface area contributed by atoms with Gasteiger partial charge in [-0.3, -0.25) is 0 Å². The third-order valence-corrected chi connectivity index (χ3v) is 3.66. The summed E-state index contributed by atoms with van der Waals surface area (Å²) in [6.07, 6.45) is 0.996. The van der Waals surface area contributed by atoms with Crippen LogP contribution in [-0.4, -0.2) is 6.54 Å². The van der Waals surface area contributed by atoms with E-state index in [2.05, 4.69) is 28.2 Å². The van der Waals surface area contributed by atoms with Gasteiger partial charge in [0, 0.05) is 12.1 Å². The highest BCUT2D eigenvalue weighted by molar-refractivity contribution is 9.10. The van der Waals surface area contributed by atoms with Crippen molar-refractivity contribution in [2.45, 2.75) is 19.9 Å². The first-order chi connectivity index (χ1) is 9.63. The van der Waals surface area contributed by atoms with E-state index in [0.29, 0.717) is 22.1 Å². The van der Waals surface area contributed by atoms with Gasteiger partial charge in [0.25, 0.3) is 0 Å². The minimum absolute atomic E-state index is 0.308. The van der Waals surface area contributed by atoms with Crippen LogP contribution in [0.1, 0.15) is 18.9 Å². The summed E-state index contributed by atoms with van der Waals surface area (Å²) in [6, 6.07) is 9.57. The van der Waals surface area contributed by atoms with Gasteiger partial charge in [0.05, 0.1) is 4.47 Å². The molecule has 2 aromatic carbocycles. The number of nitrogens with one attached hydrogen (secondary N) is 1. The summed E-state index contributed by atoms with van der Waals surface area (Å²) >= 11 is 3.18. The van der Waals surface area contributed by atoms with E-state index in [1.165, 1.54) is 12.1 Å². The van der Waals surface area contributed by atoms with Gasteiger partial charge in [-0.25, -0.2) is 8.78 Å². The fraction of sp³-hybridized carbons (Fsp3) is 0.250. The molecule has 2 aromatic rings. The Morgan fingerprint density at radius 2 is 1.90 bits per heavy atom. The van der Waals surface area contributed by atoms with Crippen LogP contribution in [0.3, 0.4) is 0 Å². The van der Waals surface area contributed by atoms with Gasteiger partial charge >= 0.3 is 0 Å². The molecule has 0 spiro atoms. The van der Waals surface area contributed by atoms with Crippen molar-refractivity contribution in [1.82, 2.24) is 5.32 Å². The summed E-state index contributed by atoms with van der Waals surface area (Å²) in [5.41, 5.74) is 1.96. The van der Waals surface area contributed by atoms with Crippen molar-refractivity contribution in [2.75, 3.05) is 6.54 Å². The first-order valence-electron chi connectivity index (χ1n) is 6.57. The van der Waals surface area contributed by atoms with Crippen molar-refractivity contribution in [3.63, 3.8) is 0 Å². The third kappa shape index (κ3) is 3.44. The molecule has 0 heterocycles. The molecule has 0 aliphatic carbocycles. The number of halogens is 3. The van der Waals surface area contributed by atoms with E-state index in [4.69, 9.17) is 0 Å². The molecule has 0 bridgehead atoms. The fourth-order valence-corrected chi connectivity index (χ4v) is 2.45. The van der Waals surface area contributed by atoms with E-state index in [9.17, 15) is 8.78 Å². The standard InChI is InChI=1S/C16H16BrF2N/c1-2-8-20-10-11-9-12(18)6-7-13(11)14-4-3-5-15(17)16(14)19/h3-7,9,20H,2,8,10H2,1H3. The van der Waals surface area contributed by atoms with E-state index < -0.39 is 0 Å². The Labute approximate surface area is 126 Å². The summed E-state index contributed by atoms with van der Waals surface area (Å²) in [7, 11) is 0.